The Balaban J connectivity index is 2.52. The minimum atomic E-state index is -0.391. The van der Waals surface area contributed by atoms with Crippen molar-refractivity contribution in [1.29, 1.82) is 0 Å². The van der Waals surface area contributed by atoms with Gasteiger partial charge in [-0.2, -0.15) is 0 Å². The summed E-state index contributed by atoms with van der Waals surface area (Å²) >= 11 is 22.2. The Bertz CT molecular complexity index is 643. The summed E-state index contributed by atoms with van der Waals surface area (Å²) in [5.74, 6) is 0.672. The first kappa shape index (κ1) is 16.0. The van der Waals surface area contributed by atoms with Crippen LogP contribution in [-0.2, 0) is 0 Å². The van der Waals surface area contributed by atoms with Gasteiger partial charge >= 0.3 is 0 Å². The lowest BCUT2D eigenvalue weighted by molar-refractivity contribution is 0.407. The molecule has 2 rings (SSSR count). The summed E-state index contributed by atoms with van der Waals surface area (Å²) in [7, 11) is 1.60. The summed E-state index contributed by atoms with van der Waals surface area (Å²) in [4.78, 5) is 0. The highest BCUT2D eigenvalue weighted by Crippen LogP contribution is 2.41. The van der Waals surface area contributed by atoms with Crippen molar-refractivity contribution < 1.29 is 4.74 Å². The van der Waals surface area contributed by atoms with E-state index in [0.29, 0.717) is 15.8 Å². The molecule has 0 aliphatic carbocycles. The quantitative estimate of drug-likeness (QED) is 0.547. The van der Waals surface area contributed by atoms with Crippen LogP contribution < -0.4 is 4.74 Å². The van der Waals surface area contributed by atoms with Gasteiger partial charge in [0.25, 0.3) is 0 Å². The monoisotopic (exact) mass is 392 g/mol. The molecule has 1 atom stereocenters. The number of halogens is 4. The van der Waals surface area contributed by atoms with Crippen LogP contribution in [0, 0.1) is 6.92 Å². The fraction of sp³-hybridized carbons (Fsp3) is 0.200. The summed E-state index contributed by atoms with van der Waals surface area (Å²) in [5, 5.41) is 0.891. The maximum Gasteiger partial charge on any atom is 0.138 e. The molecular weight excluding hydrogens is 382 g/mol. The lowest BCUT2D eigenvalue weighted by atomic mass is 10.0. The smallest absolute Gasteiger partial charge is 0.138 e. The van der Waals surface area contributed by atoms with Crippen LogP contribution >= 0.6 is 50.7 Å². The fourth-order valence-corrected chi connectivity index (χ4v) is 3.41. The summed E-state index contributed by atoms with van der Waals surface area (Å²) in [6.45, 7) is 1.95. The van der Waals surface area contributed by atoms with Gasteiger partial charge < -0.3 is 4.74 Å². The van der Waals surface area contributed by atoms with Gasteiger partial charge in [-0.3, -0.25) is 0 Å². The van der Waals surface area contributed by atoms with E-state index in [1.807, 2.05) is 25.1 Å². The fourth-order valence-electron chi connectivity index (χ4n) is 1.93. The van der Waals surface area contributed by atoms with E-state index in [1.165, 1.54) is 0 Å². The molecular formula is C15H12BrCl3O. The van der Waals surface area contributed by atoms with Crippen LogP contribution in [0.15, 0.2) is 34.8 Å². The second-order valence-electron chi connectivity index (χ2n) is 4.38. The summed E-state index contributed by atoms with van der Waals surface area (Å²) < 4.78 is 6.17. The minimum Gasteiger partial charge on any atom is -0.495 e. The van der Waals surface area contributed by atoms with Crippen LogP contribution in [0.1, 0.15) is 22.1 Å². The summed E-state index contributed by atoms with van der Waals surface area (Å²) in [6.07, 6.45) is 0. The largest absolute Gasteiger partial charge is 0.495 e. The molecule has 0 N–H and O–H groups in total. The van der Waals surface area contributed by atoms with Gasteiger partial charge in [-0.15, -0.1) is 11.6 Å². The van der Waals surface area contributed by atoms with E-state index >= 15 is 0 Å². The molecule has 0 saturated heterocycles. The highest BCUT2D eigenvalue weighted by molar-refractivity contribution is 9.10. The number of hydrogen-bond acceptors (Lipinski definition) is 1. The maximum atomic E-state index is 6.57. The molecule has 106 valence electrons. The number of methoxy groups -OCH3 is 1. The predicted octanol–water partition coefficient (Wildman–Crippen LogP) is 6.40. The molecule has 0 saturated carbocycles. The first-order valence-electron chi connectivity index (χ1n) is 5.87. The molecule has 0 fully saturated rings. The topological polar surface area (TPSA) is 9.23 Å². The van der Waals surface area contributed by atoms with Gasteiger partial charge in [-0.05, 0) is 52.2 Å². The van der Waals surface area contributed by atoms with E-state index in [2.05, 4.69) is 15.9 Å². The molecule has 20 heavy (non-hydrogen) atoms. The summed E-state index contributed by atoms with van der Waals surface area (Å²) in [6, 6.07) is 9.33. The zero-order valence-corrected chi connectivity index (χ0v) is 14.7. The standard InChI is InChI=1S/C15H12BrCl3O/c1-8-3-4-9(5-13(8)18)14(19)11-6-10(17)7-12(16)15(11)20-2/h3-7,14H,1-2H3. The minimum absolute atomic E-state index is 0.391. The van der Waals surface area contributed by atoms with Crippen molar-refractivity contribution in [3.05, 3.63) is 61.5 Å². The van der Waals surface area contributed by atoms with Crippen LogP contribution in [0.3, 0.4) is 0 Å². The average molecular weight is 395 g/mol. The van der Waals surface area contributed by atoms with Crippen molar-refractivity contribution in [1.82, 2.24) is 0 Å². The molecule has 2 aromatic carbocycles. The molecule has 0 aliphatic heterocycles. The highest BCUT2D eigenvalue weighted by Gasteiger charge is 2.19. The molecule has 0 bridgehead atoms. The lowest BCUT2D eigenvalue weighted by Crippen LogP contribution is -1.99. The molecule has 5 heteroatoms. The zero-order chi connectivity index (χ0) is 14.9. The molecule has 1 unspecified atom stereocenters. The SMILES string of the molecule is COc1c(Br)cc(Cl)cc1C(Cl)c1ccc(C)c(Cl)c1. The van der Waals surface area contributed by atoms with Crippen molar-refractivity contribution in [2.75, 3.05) is 7.11 Å². The first-order chi connectivity index (χ1) is 9.43. The third-order valence-corrected chi connectivity index (χ3v) is 4.70. The number of hydrogen-bond donors (Lipinski definition) is 0. The highest BCUT2D eigenvalue weighted by atomic mass is 79.9. The third kappa shape index (κ3) is 3.25. The molecule has 0 aromatic heterocycles. The second kappa shape index (κ2) is 6.57. The van der Waals surface area contributed by atoms with Crippen LogP contribution in [0.4, 0.5) is 0 Å². The Morgan fingerprint density at radius 1 is 1.15 bits per heavy atom. The lowest BCUT2D eigenvalue weighted by Gasteiger charge is -2.17. The maximum absolute atomic E-state index is 6.57. The molecule has 0 radical (unpaired) electrons. The van der Waals surface area contributed by atoms with Gasteiger partial charge in [0.15, 0.2) is 0 Å². The molecule has 2 aromatic rings. The number of alkyl halides is 1. The van der Waals surface area contributed by atoms with Crippen molar-refractivity contribution in [2.24, 2.45) is 0 Å². The molecule has 0 heterocycles. The van der Waals surface area contributed by atoms with Gasteiger partial charge in [0.1, 0.15) is 5.75 Å². The van der Waals surface area contributed by atoms with Crippen LogP contribution in [-0.4, -0.2) is 7.11 Å². The molecule has 0 amide bonds. The van der Waals surface area contributed by atoms with Gasteiger partial charge in [0.05, 0.1) is 17.0 Å². The van der Waals surface area contributed by atoms with E-state index < -0.39 is 5.38 Å². The van der Waals surface area contributed by atoms with Crippen LogP contribution in [0.2, 0.25) is 10.0 Å². The Morgan fingerprint density at radius 2 is 1.85 bits per heavy atom. The summed E-state index contributed by atoms with van der Waals surface area (Å²) in [5.41, 5.74) is 2.71. The molecule has 1 nitrogen and oxygen atoms in total. The molecule has 0 aliphatic rings. The Morgan fingerprint density at radius 3 is 2.45 bits per heavy atom. The average Bonchev–Trinajstić information content (AvgIpc) is 2.40. The van der Waals surface area contributed by atoms with Crippen molar-refractivity contribution in [2.45, 2.75) is 12.3 Å². The first-order valence-corrected chi connectivity index (χ1v) is 7.85. The normalized spacial score (nSPS) is 12.3. The van der Waals surface area contributed by atoms with Gasteiger partial charge in [-0.25, -0.2) is 0 Å². The van der Waals surface area contributed by atoms with Crippen molar-refractivity contribution in [3.63, 3.8) is 0 Å². The van der Waals surface area contributed by atoms with Crippen LogP contribution in [0.25, 0.3) is 0 Å². The third-order valence-electron chi connectivity index (χ3n) is 3.00. The number of rotatable bonds is 3. The Kier molecular flexibility index (Phi) is 5.25. The van der Waals surface area contributed by atoms with Gasteiger partial charge in [0, 0.05) is 15.6 Å². The van der Waals surface area contributed by atoms with Gasteiger partial charge in [0.2, 0.25) is 0 Å². The van der Waals surface area contributed by atoms with E-state index in [9.17, 15) is 0 Å². The predicted molar refractivity (Wildman–Crippen MR) is 89.6 cm³/mol. The van der Waals surface area contributed by atoms with Gasteiger partial charge in [-0.1, -0.05) is 35.3 Å². The number of benzene rings is 2. The van der Waals surface area contributed by atoms with E-state index in [0.717, 1.165) is 21.2 Å². The van der Waals surface area contributed by atoms with Crippen molar-refractivity contribution >= 4 is 50.7 Å². The number of ether oxygens (including phenoxy) is 1. The van der Waals surface area contributed by atoms with Crippen LogP contribution in [0.5, 0.6) is 5.75 Å². The van der Waals surface area contributed by atoms with Crippen molar-refractivity contribution in [3.8, 4) is 5.75 Å². The van der Waals surface area contributed by atoms with E-state index in [-0.39, 0.29) is 0 Å². The number of aryl methyl sites for hydroxylation is 1. The van der Waals surface area contributed by atoms with E-state index in [1.54, 1.807) is 19.2 Å². The Hall–Kier alpha value is -0.410. The molecule has 0 spiro atoms. The zero-order valence-electron chi connectivity index (χ0n) is 10.9. The Labute approximate surface area is 141 Å². The second-order valence-corrected chi connectivity index (χ2v) is 6.52. The van der Waals surface area contributed by atoms with E-state index in [4.69, 9.17) is 39.5 Å².